The maximum atomic E-state index is 11.1. The molecule has 1 atom stereocenters. The molecule has 2 heterocycles. The van der Waals surface area contributed by atoms with Gasteiger partial charge in [-0.3, -0.25) is 4.79 Å². The van der Waals surface area contributed by atoms with Gasteiger partial charge in [-0.2, -0.15) is 10.1 Å². The highest BCUT2D eigenvalue weighted by Gasteiger charge is 2.22. The third kappa shape index (κ3) is 4.43. The number of piperidine rings is 1. The molecule has 1 unspecified atom stereocenters. The van der Waals surface area contributed by atoms with Crippen molar-refractivity contribution >= 4 is 29.0 Å². The van der Waals surface area contributed by atoms with Gasteiger partial charge in [0.15, 0.2) is 5.82 Å². The van der Waals surface area contributed by atoms with E-state index in [0.717, 1.165) is 30.2 Å². The molecule has 1 saturated heterocycles. The van der Waals surface area contributed by atoms with E-state index in [0.29, 0.717) is 12.0 Å². The Bertz CT molecular complexity index is 718. The largest absolute Gasteiger partial charge is 0.352 e. The minimum atomic E-state index is -0.0899. The molecule has 3 rings (SSSR count). The summed E-state index contributed by atoms with van der Waals surface area (Å²) in [6.45, 7) is 4.72. The molecule has 0 spiro atoms. The third-order valence-corrected chi connectivity index (χ3v) is 4.40. The molecule has 1 amide bonds. The number of carbonyl (C=O) groups is 1. The van der Waals surface area contributed by atoms with Gasteiger partial charge in [-0.15, -0.1) is 5.10 Å². The van der Waals surface area contributed by atoms with Crippen LogP contribution in [-0.2, 0) is 4.79 Å². The molecule has 0 radical (unpaired) electrons. The first-order chi connectivity index (χ1) is 12.2. The number of hydrogen-bond donors (Lipinski definition) is 2. The van der Waals surface area contributed by atoms with Crippen LogP contribution >= 0.6 is 0 Å². The van der Waals surface area contributed by atoms with Gasteiger partial charge in [-0.05, 0) is 49.9 Å². The van der Waals surface area contributed by atoms with Crippen LogP contribution < -0.4 is 15.5 Å². The predicted octanol–water partition coefficient (Wildman–Crippen LogP) is 3.34. The van der Waals surface area contributed by atoms with E-state index < -0.39 is 0 Å². The fourth-order valence-corrected chi connectivity index (χ4v) is 3.18. The summed E-state index contributed by atoms with van der Waals surface area (Å²) < 4.78 is 0. The zero-order chi connectivity index (χ0) is 17.6. The molecule has 1 fully saturated rings. The number of carbonyl (C=O) groups excluding carboxylic acids is 1. The summed E-state index contributed by atoms with van der Waals surface area (Å²) in [7, 11) is 0. The lowest BCUT2D eigenvalue weighted by Crippen LogP contribution is -2.39. The van der Waals surface area contributed by atoms with Crippen molar-refractivity contribution in [3.8, 4) is 0 Å². The number of hydrogen-bond acceptors (Lipinski definition) is 6. The molecule has 0 saturated carbocycles. The van der Waals surface area contributed by atoms with Crippen molar-refractivity contribution in [1.82, 2.24) is 15.2 Å². The van der Waals surface area contributed by atoms with Crippen molar-refractivity contribution in [1.29, 1.82) is 0 Å². The Balaban J connectivity index is 1.72. The summed E-state index contributed by atoms with van der Waals surface area (Å²) in [6, 6.07) is 7.93. The van der Waals surface area contributed by atoms with Crippen molar-refractivity contribution in [3.05, 3.63) is 30.5 Å². The first-order valence-electron chi connectivity index (χ1n) is 8.76. The molecule has 2 aromatic rings. The lowest BCUT2D eigenvalue weighted by Gasteiger charge is -2.35. The molecular weight excluding hydrogens is 316 g/mol. The second-order valence-electron chi connectivity index (χ2n) is 6.27. The first-order valence-corrected chi connectivity index (χ1v) is 8.76. The number of nitrogens with zero attached hydrogens (tertiary/aromatic N) is 4. The molecule has 7 nitrogen and oxygen atoms in total. The van der Waals surface area contributed by atoms with Crippen LogP contribution in [0.15, 0.2) is 30.5 Å². The topological polar surface area (TPSA) is 83.0 Å². The van der Waals surface area contributed by atoms with Crippen LogP contribution in [0.4, 0.5) is 23.1 Å². The van der Waals surface area contributed by atoms with Crippen molar-refractivity contribution in [3.63, 3.8) is 0 Å². The van der Waals surface area contributed by atoms with Crippen molar-refractivity contribution in [2.24, 2.45) is 0 Å². The second-order valence-corrected chi connectivity index (χ2v) is 6.27. The van der Waals surface area contributed by atoms with Crippen molar-refractivity contribution in [2.75, 3.05) is 22.1 Å². The quantitative estimate of drug-likeness (QED) is 0.868. The Labute approximate surface area is 147 Å². The zero-order valence-electron chi connectivity index (χ0n) is 14.7. The normalized spacial score (nSPS) is 17.2. The van der Waals surface area contributed by atoms with E-state index in [1.807, 2.05) is 24.3 Å². The number of nitrogens with one attached hydrogen (secondary N) is 2. The van der Waals surface area contributed by atoms with E-state index in [9.17, 15) is 4.79 Å². The SMILES string of the molecule is CCC1CCCCN1c1cnnc(Nc2ccc(NC(C)=O)cc2)n1. The van der Waals surface area contributed by atoms with E-state index >= 15 is 0 Å². The van der Waals surface area contributed by atoms with E-state index in [1.165, 1.54) is 26.2 Å². The highest BCUT2D eigenvalue weighted by molar-refractivity contribution is 5.88. The van der Waals surface area contributed by atoms with Gasteiger partial charge in [0.25, 0.3) is 0 Å². The summed E-state index contributed by atoms with van der Waals surface area (Å²) in [5.74, 6) is 1.26. The molecular formula is C18H24N6O. The Kier molecular flexibility index (Phi) is 5.42. The number of anilines is 4. The van der Waals surface area contributed by atoms with Crippen LogP contribution in [-0.4, -0.2) is 33.7 Å². The Hall–Kier alpha value is -2.70. The monoisotopic (exact) mass is 340 g/mol. The van der Waals surface area contributed by atoms with Crippen molar-refractivity contribution in [2.45, 2.75) is 45.6 Å². The molecule has 1 aromatic heterocycles. The van der Waals surface area contributed by atoms with Gasteiger partial charge in [-0.1, -0.05) is 6.92 Å². The zero-order valence-corrected chi connectivity index (χ0v) is 14.7. The number of benzene rings is 1. The van der Waals surface area contributed by atoms with Crippen LogP contribution in [0.25, 0.3) is 0 Å². The average Bonchev–Trinajstić information content (AvgIpc) is 2.63. The smallest absolute Gasteiger partial charge is 0.249 e. The highest BCUT2D eigenvalue weighted by atomic mass is 16.1. The van der Waals surface area contributed by atoms with Crippen molar-refractivity contribution < 1.29 is 4.79 Å². The van der Waals surface area contributed by atoms with Gasteiger partial charge in [0.05, 0.1) is 6.20 Å². The maximum absolute atomic E-state index is 11.1. The number of rotatable bonds is 5. The fourth-order valence-electron chi connectivity index (χ4n) is 3.18. The van der Waals surface area contributed by atoms with E-state index in [1.54, 1.807) is 6.20 Å². The molecule has 1 aliphatic rings. The Morgan fingerprint density at radius 1 is 1.24 bits per heavy atom. The minimum absolute atomic E-state index is 0.0899. The van der Waals surface area contributed by atoms with Crippen LogP contribution in [0.1, 0.15) is 39.5 Å². The summed E-state index contributed by atoms with van der Waals surface area (Å²) in [5.41, 5.74) is 1.60. The number of aromatic nitrogens is 3. The molecule has 1 aliphatic heterocycles. The van der Waals surface area contributed by atoms with Crippen LogP contribution in [0.5, 0.6) is 0 Å². The molecule has 25 heavy (non-hydrogen) atoms. The fraction of sp³-hybridized carbons (Fsp3) is 0.444. The molecule has 2 N–H and O–H groups in total. The minimum Gasteiger partial charge on any atom is -0.352 e. The molecule has 132 valence electrons. The van der Waals surface area contributed by atoms with Crippen LogP contribution in [0.3, 0.4) is 0 Å². The lowest BCUT2D eigenvalue weighted by molar-refractivity contribution is -0.114. The molecule has 0 bridgehead atoms. The second kappa shape index (κ2) is 7.92. The van der Waals surface area contributed by atoms with E-state index in [4.69, 9.17) is 0 Å². The molecule has 7 heteroatoms. The summed E-state index contributed by atoms with van der Waals surface area (Å²) in [5, 5.41) is 14.1. The Morgan fingerprint density at radius 3 is 2.72 bits per heavy atom. The van der Waals surface area contributed by atoms with Crippen LogP contribution in [0.2, 0.25) is 0 Å². The summed E-state index contributed by atoms with van der Waals surface area (Å²) in [4.78, 5) is 18.0. The van der Waals surface area contributed by atoms with Gasteiger partial charge >= 0.3 is 0 Å². The summed E-state index contributed by atoms with van der Waals surface area (Å²) in [6.07, 6.45) is 6.51. The van der Waals surface area contributed by atoms with Gasteiger partial charge in [0.2, 0.25) is 11.9 Å². The third-order valence-electron chi connectivity index (χ3n) is 4.40. The van der Waals surface area contributed by atoms with E-state index in [-0.39, 0.29) is 5.91 Å². The van der Waals surface area contributed by atoms with E-state index in [2.05, 4.69) is 37.6 Å². The predicted molar refractivity (Wildman–Crippen MR) is 99.1 cm³/mol. The maximum Gasteiger partial charge on any atom is 0.249 e. The highest BCUT2D eigenvalue weighted by Crippen LogP contribution is 2.25. The lowest BCUT2D eigenvalue weighted by atomic mass is 10.0. The number of amides is 1. The van der Waals surface area contributed by atoms with Gasteiger partial charge in [0.1, 0.15) is 0 Å². The van der Waals surface area contributed by atoms with Crippen LogP contribution in [0, 0.1) is 0 Å². The summed E-state index contributed by atoms with van der Waals surface area (Å²) >= 11 is 0. The molecule has 0 aliphatic carbocycles. The Morgan fingerprint density at radius 2 is 2.00 bits per heavy atom. The molecule has 1 aromatic carbocycles. The first kappa shape index (κ1) is 17.1. The van der Waals surface area contributed by atoms with Gasteiger partial charge < -0.3 is 15.5 Å². The average molecular weight is 340 g/mol. The standard InChI is InChI=1S/C18H24N6O/c1-3-16-6-4-5-11-24(16)17-12-19-23-18(22-17)21-15-9-7-14(8-10-15)20-13(2)25/h7-10,12,16H,3-6,11H2,1-2H3,(H,20,25)(H,21,22,23). The van der Waals surface area contributed by atoms with Gasteiger partial charge in [0, 0.05) is 30.9 Å². The van der Waals surface area contributed by atoms with Gasteiger partial charge in [-0.25, -0.2) is 0 Å².